The number of anilines is 1. The molecule has 0 amide bonds. The molecule has 0 aliphatic carbocycles. The Morgan fingerprint density at radius 3 is 2.45 bits per heavy atom. The number of nitrogens with one attached hydrogen (secondary N) is 1. The summed E-state index contributed by atoms with van der Waals surface area (Å²) in [7, 11) is 2.19. The van der Waals surface area contributed by atoms with E-state index in [1.807, 2.05) is 19.1 Å². The van der Waals surface area contributed by atoms with E-state index in [1.54, 1.807) is 12.1 Å². The van der Waals surface area contributed by atoms with Crippen LogP contribution in [0.4, 0.5) is 5.69 Å². The van der Waals surface area contributed by atoms with Gasteiger partial charge in [0, 0.05) is 22.8 Å². The van der Waals surface area contributed by atoms with E-state index in [0.717, 1.165) is 18.5 Å². The molecule has 3 atom stereocenters. The quantitative estimate of drug-likeness (QED) is 0.864. The molecule has 2 aliphatic rings. The van der Waals surface area contributed by atoms with Gasteiger partial charge >= 0.3 is 5.97 Å². The van der Waals surface area contributed by atoms with Gasteiger partial charge in [-0.05, 0) is 63.9 Å². The van der Waals surface area contributed by atoms with Gasteiger partial charge < -0.3 is 15.0 Å². The number of benzene rings is 1. The molecule has 2 fully saturated rings. The zero-order chi connectivity index (χ0) is 15.7. The van der Waals surface area contributed by atoms with Crippen molar-refractivity contribution in [3.63, 3.8) is 0 Å². The summed E-state index contributed by atoms with van der Waals surface area (Å²) in [6.07, 6.45) is 4.45. The first-order valence-corrected chi connectivity index (χ1v) is 8.35. The lowest BCUT2D eigenvalue weighted by molar-refractivity contribution is -0.152. The minimum atomic E-state index is -0.363. The third kappa shape index (κ3) is 3.39. The number of carbonyl (C=O) groups excluding carboxylic acids is 1. The highest BCUT2D eigenvalue weighted by atomic mass is 35.5. The maximum Gasteiger partial charge on any atom is 0.328 e. The van der Waals surface area contributed by atoms with Crippen LogP contribution in [0.15, 0.2) is 24.3 Å². The van der Waals surface area contributed by atoms with Gasteiger partial charge in [0.1, 0.15) is 12.1 Å². The zero-order valence-corrected chi connectivity index (χ0v) is 13.8. The third-order valence-electron chi connectivity index (χ3n) is 4.92. The summed E-state index contributed by atoms with van der Waals surface area (Å²) in [6.45, 7) is 1.83. The predicted octanol–water partition coefficient (Wildman–Crippen LogP) is 3.31. The van der Waals surface area contributed by atoms with E-state index in [1.165, 1.54) is 12.8 Å². The van der Waals surface area contributed by atoms with Crippen molar-refractivity contribution in [2.24, 2.45) is 0 Å². The van der Waals surface area contributed by atoms with E-state index in [0.29, 0.717) is 17.1 Å². The highest BCUT2D eigenvalue weighted by Crippen LogP contribution is 2.35. The molecule has 0 saturated carbocycles. The lowest BCUT2D eigenvalue weighted by Gasteiger charge is -2.36. The molecule has 120 valence electrons. The number of piperidine rings is 1. The van der Waals surface area contributed by atoms with Gasteiger partial charge in [-0.2, -0.15) is 0 Å². The number of nitrogens with zero attached hydrogens (tertiary/aromatic N) is 1. The topological polar surface area (TPSA) is 41.6 Å². The van der Waals surface area contributed by atoms with Crippen LogP contribution in [-0.4, -0.2) is 42.1 Å². The first kappa shape index (κ1) is 15.6. The number of hydrogen-bond donors (Lipinski definition) is 1. The lowest BCUT2D eigenvalue weighted by atomic mass is 10.0. The van der Waals surface area contributed by atoms with Crippen molar-refractivity contribution in [2.75, 3.05) is 12.4 Å². The summed E-state index contributed by atoms with van der Waals surface area (Å²) in [5, 5.41) is 3.84. The molecule has 0 spiro atoms. The molecule has 1 aromatic rings. The second kappa shape index (κ2) is 6.47. The predicted molar refractivity (Wildman–Crippen MR) is 88.2 cm³/mol. The maximum absolute atomic E-state index is 12.3. The molecule has 0 aromatic heterocycles. The van der Waals surface area contributed by atoms with Gasteiger partial charge in [-0.3, -0.25) is 0 Å². The number of hydrogen-bond acceptors (Lipinski definition) is 4. The molecular formula is C17H23ClN2O2. The van der Waals surface area contributed by atoms with Crippen LogP contribution in [0.5, 0.6) is 0 Å². The Kier molecular flexibility index (Phi) is 4.59. The van der Waals surface area contributed by atoms with Gasteiger partial charge in [0.05, 0.1) is 0 Å². The lowest BCUT2D eigenvalue weighted by Crippen LogP contribution is -2.44. The van der Waals surface area contributed by atoms with Crippen molar-refractivity contribution >= 4 is 23.3 Å². The van der Waals surface area contributed by atoms with E-state index >= 15 is 0 Å². The minimum absolute atomic E-state index is 0.0654. The molecule has 0 radical (unpaired) electrons. The van der Waals surface area contributed by atoms with Crippen molar-refractivity contribution in [1.82, 2.24) is 4.90 Å². The van der Waals surface area contributed by atoms with Gasteiger partial charge in [0.15, 0.2) is 0 Å². The number of carbonyl (C=O) groups is 1. The second-order valence-corrected chi connectivity index (χ2v) is 6.89. The molecule has 22 heavy (non-hydrogen) atoms. The van der Waals surface area contributed by atoms with Crippen LogP contribution in [0, 0.1) is 0 Å². The van der Waals surface area contributed by atoms with E-state index in [4.69, 9.17) is 16.3 Å². The summed E-state index contributed by atoms with van der Waals surface area (Å²) >= 11 is 5.86. The van der Waals surface area contributed by atoms with Crippen LogP contribution < -0.4 is 5.32 Å². The molecule has 1 N–H and O–H groups in total. The van der Waals surface area contributed by atoms with Gasteiger partial charge in [0.25, 0.3) is 0 Å². The highest BCUT2D eigenvalue weighted by Gasteiger charge is 2.40. The molecule has 4 nitrogen and oxygen atoms in total. The summed E-state index contributed by atoms with van der Waals surface area (Å²) < 4.78 is 5.72. The van der Waals surface area contributed by atoms with Gasteiger partial charge in [-0.15, -0.1) is 0 Å². The molecule has 2 saturated heterocycles. The molecule has 2 aliphatic heterocycles. The van der Waals surface area contributed by atoms with Crippen molar-refractivity contribution in [1.29, 1.82) is 0 Å². The Hall–Kier alpha value is -1.26. The van der Waals surface area contributed by atoms with Crippen LogP contribution in [0.2, 0.25) is 5.02 Å². The number of esters is 1. The number of halogens is 1. The highest BCUT2D eigenvalue weighted by molar-refractivity contribution is 6.30. The summed E-state index contributed by atoms with van der Waals surface area (Å²) in [6, 6.07) is 8.13. The first-order valence-electron chi connectivity index (χ1n) is 7.97. The van der Waals surface area contributed by atoms with Gasteiger partial charge in [-0.25, -0.2) is 4.79 Å². The standard InChI is InChI=1S/C17H23ClN2O2/c1-11(19-13-5-3-12(18)4-6-13)17(21)22-16-9-14-7-8-15(10-16)20(14)2/h3-6,11,14-16,19H,7-10H2,1-2H3. The van der Waals surface area contributed by atoms with Gasteiger partial charge in [0.2, 0.25) is 0 Å². The third-order valence-corrected chi connectivity index (χ3v) is 5.17. The molecule has 2 bridgehead atoms. The fourth-order valence-corrected chi connectivity index (χ4v) is 3.71. The minimum Gasteiger partial charge on any atom is -0.461 e. The van der Waals surface area contributed by atoms with Crippen molar-refractivity contribution < 1.29 is 9.53 Å². The molecule has 3 unspecified atom stereocenters. The Labute approximate surface area is 136 Å². The number of fused-ring (bicyclic) bond motifs is 2. The molecular weight excluding hydrogens is 300 g/mol. The van der Waals surface area contributed by atoms with E-state index < -0.39 is 0 Å². The summed E-state index contributed by atoms with van der Waals surface area (Å²) in [5.74, 6) is -0.177. The summed E-state index contributed by atoms with van der Waals surface area (Å²) in [4.78, 5) is 14.7. The SMILES string of the molecule is CC(Nc1ccc(Cl)cc1)C(=O)OC1CC2CCC(C1)N2C. The van der Waals surface area contributed by atoms with Crippen LogP contribution >= 0.6 is 11.6 Å². The first-order chi connectivity index (χ1) is 10.5. The average molecular weight is 323 g/mol. The van der Waals surface area contributed by atoms with Crippen molar-refractivity contribution in [2.45, 2.75) is 56.8 Å². The van der Waals surface area contributed by atoms with E-state index in [9.17, 15) is 4.79 Å². The number of rotatable bonds is 4. The normalized spacial score (nSPS) is 29.1. The smallest absolute Gasteiger partial charge is 0.328 e. The second-order valence-electron chi connectivity index (χ2n) is 6.45. The molecule has 2 heterocycles. The van der Waals surface area contributed by atoms with Crippen LogP contribution in [-0.2, 0) is 9.53 Å². The molecule has 1 aromatic carbocycles. The average Bonchev–Trinajstić information content (AvgIpc) is 2.72. The Bertz CT molecular complexity index is 520. The summed E-state index contributed by atoms with van der Waals surface area (Å²) in [5.41, 5.74) is 0.872. The Balaban J connectivity index is 1.52. The van der Waals surface area contributed by atoms with E-state index in [-0.39, 0.29) is 18.1 Å². The fourth-order valence-electron chi connectivity index (χ4n) is 3.58. The fraction of sp³-hybridized carbons (Fsp3) is 0.588. The van der Waals surface area contributed by atoms with Crippen LogP contribution in [0.1, 0.15) is 32.6 Å². The number of ether oxygens (including phenoxy) is 1. The van der Waals surface area contributed by atoms with Crippen LogP contribution in [0.3, 0.4) is 0 Å². The largest absolute Gasteiger partial charge is 0.461 e. The Morgan fingerprint density at radius 1 is 1.27 bits per heavy atom. The molecule has 5 heteroatoms. The zero-order valence-electron chi connectivity index (χ0n) is 13.1. The molecule has 3 rings (SSSR count). The monoisotopic (exact) mass is 322 g/mol. The maximum atomic E-state index is 12.3. The van der Waals surface area contributed by atoms with Crippen molar-refractivity contribution in [3.05, 3.63) is 29.3 Å². The van der Waals surface area contributed by atoms with Crippen LogP contribution in [0.25, 0.3) is 0 Å². The van der Waals surface area contributed by atoms with Gasteiger partial charge in [-0.1, -0.05) is 11.6 Å². The Morgan fingerprint density at radius 2 is 1.86 bits per heavy atom. The van der Waals surface area contributed by atoms with E-state index in [2.05, 4.69) is 17.3 Å². The van der Waals surface area contributed by atoms with Crippen molar-refractivity contribution in [3.8, 4) is 0 Å².